The van der Waals surface area contributed by atoms with Crippen molar-refractivity contribution in [3.8, 4) is 0 Å². The topological polar surface area (TPSA) is 69.6 Å². The van der Waals surface area contributed by atoms with Crippen molar-refractivity contribution in [3.05, 3.63) is 0 Å². The Bertz CT molecular complexity index is 265. The maximum atomic E-state index is 11.5. The van der Waals surface area contributed by atoms with Gasteiger partial charge >= 0.3 is 0 Å². The molecule has 0 aromatic carbocycles. The number of nitrogens with one attached hydrogen (secondary N) is 1. The average molecular weight is 214 g/mol. The number of nitrogens with zero attached hydrogens (tertiary/aromatic N) is 1. The number of hydrogen-bond donors (Lipinski definition) is 2. The summed E-state index contributed by atoms with van der Waals surface area (Å²) in [5.41, 5.74) is 0. The summed E-state index contributed by atoms with van der Waals surface area (Å²) >= 11 is 0. The number of likely N-dealkylation sites (N-methyl/N-ethyl adjacent to an activating group) is 1. The summed E-state index contributed by atoms with van der Waals surface area (Å²) in [4.78, 5) is 23.9. The van der Waals surface area contributed by atoms with Gasteiger partial charge in [0, 0.05) is 13.1 Å². The van der Waals surface area contributed by atoms with Gasteiger partial charge in [-0.2, -0.15) is 0 Å². The lowest BCUT2D eigenvalue weighted by atomic mass is 10.1. The number of aliphatic hydroxyl groups is 1. The molecule has 2 amide bonds. The van der Waals surface area contributed by atoms with Crippen LogP contribution in [0.3, 0.4) is 0 Å². The third-order valence-corrected chi connectivity index (χ3v) is 2.56. The van der Waals surface area contributed by atoms with Gasteiger partial charge in [-0.3, -0.25) is 14.5 Å². The largest absolute Gasteiger partial charge is 0.393 e. The number of carbonyl (C=O) groups is 2. The van der Waals surface area contributed by atoms with Crippen molar-refractivity contribution < 1.29 is 14.7 Å². The van der Waals surface area contributed by atoms with Crippen molar-refractivity contribution in [1.82, 2.24) is 10.2 Å². The third-order valence-electron chi connectivity index (χ3n) is 2.56. The van der Waals surface area contributed by atoms with Gasteiger partial charge in [0.05, 0.1) is 18.6 Å². The number of aliphatic hydroxyl groups excluding tert-OH is 1. The molecule has 86 valence electrons. The van der Waals surface area contributed by atoms with E-state index in [2.05, 4.69) is 5.32 Å². The summed E-state index contributed by atoms with van der Waals surface area (Å²) in [5, 5.41) is 12.2. The number of hydrogen-bond acceptors (Lipinski definition) is 4. The van der Waals surface area contributed by atoms with Crippen LogP contribution in [-0.2, 0) is 9.59 Å². The molecule has 0 saturated carbocycles. The molecule has 3 atom stereocenters. The molecule has 3 unspecified atom stereocenters. The van der Waals surface area contributed by atoms with Crippen molar-refractivity contribution in [1.29, 1.82) is 0 Å². The van der Waals surface area contributed by atoms with Crippen LogP contribution in [0.25, 0.3) is 0 Å². The van der Waals surface area contributed by atoms with Crippen molar-refractivity contribution in [2.24, 2.45) is 0 Å². The zero-order chi connectivity index (χ0) is 11.6. The molecule has 1 aliphatic heterocycles. The molecule has 2 N–H and O–H groups in total. The molecule has 0 radical (unpaired) electrons. The van der Waals surface area contributed by atoms with Crippen LogP contribution in [-0.4, -0.2) is 47.1 Å². The van der Waals surface area contributed by atoms with Crippen molar-refractivity contribution in [2.45, 2.75) is 44.9 Å². The zero-order valence-corrected chi connectivity index (χ0v) is 9.36. The fourth-order valence-corrected chi connectivity index (χ4v) is 1.81. The van der Waals surface area contributed by atoms with Gasteiger partial charge in [0.25, 0.3) is 0 Å². The summed E-state index contributed by atoms with van der Waals surface area (Å²) in [5.74, 6) is -0.334. The first-order chi connectivity index (χ1) is 6.91. The number of carbonyl (C=O) groups excluding carboxylic acids is 2. The maximum absolute atomic E-state index is 11.5. The Morgan fingerprint density at radius 2 is 2.13 bits per heavy atom. The van der Waals surface area contributed by atoms with Crippen LogP contribution in [0.1, 0.15) is 26.7 Å². The second-order valence-corrected chi connectivity index (χ2v) is 4.20. The van der Waals surface area contributed by atoms with Gasteiger partial charge < -0.3 is 10.4 Å². The monoisotopic (exact) mass is 214 g/mol. The molecular weight excluding hydrogens is 196 g/mol. The fraction of sp³-hybridized carbons (Fsp3) is 0.800. The van der Waals surface area contributed by atoms with E-state index in [9.17, 15) is 9.59 Å². The number of amides is 2. The van der Waals surface area contributed by atoms with Gasteiger partial charge in [-0.1, -0.05) is 0 Å². The number of imide groups is 1. The number of rotatable bonds is 4. The van der Waals surface area contributed by atoms with E-state index in [-0.39, 0.29) is 24.3 Å². The molecular formula is C10H18N2O3. The molecule has 1 aliphatic rings. The van der Waals surface area contributed by atoms with E-state index in [0.717, 1.165) is 4.90 Å². The van der Waals surface area contributed by atoms with Crippen LogP contribution in [0.2, 0.25) is 0 Å². The highest BCUT2D eigenvalue weighted by molar-refractivity contribution is 6.05. The predicted octanol–water partition coefficient (Wildman–Crippen LogP) is -0.507. The third kappa shape index (κ3) is 3.00. The summed E-state index contributed by atoms with van der Waals surface area (Å²) in [6.45, 7) is 3.59. The molecule has 0 spiro atoms. The molecule has 1 saturated heterocycles. The van der Waals surface area contributed by atoms with Crippen LogP contribution < -0.4 is 5.32 Å². The quantitative estimate of drug-likeness (QED) is 0.619. The van der Waals surface area contributed by atoms with E-state index in [1.807, 2.05) is 6.92 Å². The lowest BCUT2D eigenvalue weighted by Gasteiger charge is -2.18. The fourth-order valence-electron chi connectivity index (χ4n) is 1.81. The van der Waals surface area contributed by atoms with E-state index in [1.54, 1.807) is 6.92 Å². The minimum absolute atomic E-state index is 0.0262. The second-order valence-electron chi connectivity index (χ2n) is 4.20. The molecule has 0 aromatic heterocycles. The summed E-state index contributed by atoms with van der Waals surface area (Å²) in [6, 6.07) is -0.394. The summed E-state index contributed by atoms with van der Waals surface area (Å²) in [7, 11) is 1.49. The summed E-state index contributed by atoms with van der Waals surface area (Å²) < 4.78 is 0. The minimum atomic E-state index is -0.420. The number of likely N-dealkylation sites (tertiary alicyclic amines) is 1. The van der Waals surface area contributed by atoms with E-state index in [1.165, 1.54) is 7.05 Å². The maximum Gasteiger partial charge on any atom is 0.246 e. The summed E-state index contributed by atoms with van der Waals surface area (Å²) in [6.07, 6.45) is 0.388. The highest BCUT2D eigenvalue weighted by atomic mass is 16.3. The standard InChI is InChI=1S/C10H18N2O3/c1-6(4-7(2)13)11-8-5-9(14)12(3)10(8)15/h6-8,11,13H,4-5H2,1-3H3. The Balaban J connectivity index is 2.46. The van der Waals surface area contributed by atoms with Crippen LogP contribution in [0.15, 0.2) is 0 Å². The van der Waals surface area contributed by atoms with Gasteiger partial charge in [0.2, 0.25) is 11.8 Å². The smallest absolute Gasteiger partial charge is 0.246 e. The van der Waals surface area contributed by atoms with Crippen LogP contribution >= 0.6 is 0 Å². The zero-order valence-electron chi connectivity index (χ0n) is 9.36. The highest BCUT2D eigenvalue weighted by Gasteiger charge is 2.36. The first-order valence-corrected chi connectivity index (χ1v) is 5.16. The molecule has 5 nitrogen and oxygen atoms in total. The van der Waals surface area contributed by atoms with Crippen molar-refractivity contribution in [3.63, 3.8) is 0 Å². The molecule has 1 fully saturated rings. The van der Waals surface area contributed by atoms with Crippen LogP contribution in [0, 0.1) is 0 Å². The Labute approximate surface area is 89.4 Å². The average Bonchev–Trinajstić information content (AvgIpc) is 2.32. The van der Waals surface area contributed by atoms with Gasteiger partial charge in [-0.05, 0) is 20.3 Å². The molecule has 1 rings (SSSR count). The molecule has 0 aliphatic carbocycles. The van der Waals surface area contributed by atoms with Crippen LogP contribution in [0.4, 0.5) is 0 Å². The Kier molecular flexibility index (Phi) is 3.82. The van der Waals surface area contributed by atoms with Crippen molar-refractivity contribution >= 4 is 11.8 Å². The first-order valence-electron chi connectivity index (χ1n) is 5.16. The predicted molar refractivity (Wildman–Crippen MR) is 55.1 cm³/mol. The Morgan fingerprint density at radius 1 is 1.53 bits per heavy atom. The lowest BCUT2D eigenvalue weighted by molar-refractivity contribution is -0.137. The minimum Gasteiger partial charge on any atom is -0.393 e. The van der Waals surface area contributed by atoms with Gasteiger partial charge in [0.15, 0.2) is 0 Å². The Morgan fingerprint density at radius 3 is 2.53 bits per heavy atom. The van der Waals surface area contributed by atoms with Gasteiger partial charge in [0.1, 0.15) is 0 Å². The van der Waals surface area contributed by atoms with Crippen molar-refractivity contribution in [2.75, 3.05) is 7.05 Å². The molecule has 0 aromatic rings. The molecule has 5 heteroatoms. The van der Waals surface area contributed by atoms with Gasteiger partial charge in [-0.15, -0.1) is 0 Å². The first kappa shape index (κ1) is 12.1. The van der Waals surface area contributed by atoms with E-state index in [0.29, 0.717) is 6.42 Å². The Hall–Kier alpha value is -0.940. The van der Waals surface area contributed by atoms with E-state index in [4.69, 9.17) is 5.11 Å². The molecule has 1 heterocycles. The second kappa shape index (κ2) is 4.72. The molecule has 15 heavy (non-hydrogen) atoms. The SMILES string of the molecule is CC(O)CC(C)NC1CC(=O)N(C)C1=O. The normalized spacial score (nSPS) is 25.9. The lowest BCUT2D eigenvalue weighted by Crippen LogP contribution is -2.42. The van der Waals surface area contributed by atoms with E-state index < -0.39 is 12.1 Å². The van der Waals surface area contributed by atoms with Gasteiger partial charge in [-0.25, -0.2) is 0 Å². The molecule has 0 bridgehead atoms. The van der Waals surface area contributed by atoms with Crippen LogP contribution in [0.5, 0.6) is 0 Å². The van der Waals surface area contributed by atoms with E-state index >= 15 is 0 Å². The highest BCUT2D eigenvalue weighted by Crippen LogP contribution is 2.12.